The first-order chi connectivity index (χ1) is 8.52. The lowest BCUT2D eigenvalue weighted by Crippen LogP contribution is -2.53. The third kappa shape index (κ3) is 2.26. The minimum absolute atomic E-state index is 0.290. The summed E-state index contributed by atoms with van der Waals surface area (Å²) in [5.74, 6) is -1.04. The molecule has 0 aromatic carbocycles. The Morgan fingerprint density at radius 2 is 2.22 bits per heavy atom. The summed E-state index contributed by atoms with van der Waals surface area (Å²) in [7, 11) is 0. The lowest BCUT2D eigenvalue weighted by atomic mass is 10.2. The number of carbonyl (C=O) groups excluding carboxylic acids is 3. The molecule has 0 saturated carbocycles. The van der Waals surface area contributed by atoms with Gasteiger partial charge in [0.15, 0.2) is 0 Å². The highest BCUT2D eigenvalue weighted by Gasteiger charge is 2.35. The number of urea groups is 1. The van der Waals surface area contributed by atoms with E-state index in [1.54, 1.807) is 13.1 Å². The number of aromatic nitrogens is 1. The summed E-state index contributed by atoms with van der Waals surface area (Å²) in [5, 5.41) is 2.83. The topological polar surface area (TPSA) is 79.4 Å². The van der Waals surface area contributed by atoms with E-state index in [1.165, 1.54) is 11.3 Å². The van der Waals surface area contributed by atoms with E-state index < -0.39 is 23.9 Å². The molecule has 18 heavy (non-hydrogen) atoms. The monoisotopic (exact) mass is 267 g/mol. The Hall–Kier alpha value is -1.76. The normalized spacial score (nSPS) is 17.9. The van der Waals surface area contributed by atoms with Gasteiger partial charge in [-0.15, -0.1) is 11.3 Å². The molecule has 1 aromatic rings. The van der Waals surface area contributed by atoms with Crippen LogP contribution in [0.2, 0.25) is 0 Å². The predicted octanol–water partition coefficient (Wildman–Crippen LogP) is 1.23. The molecule has 1 aliphatic rings. The maximum Gasteiger partial charge on any atom is 0.331 e. The zero-order valence-electron chi connectivity index (χ0n) is 10.1. The number of hydrogen-bond acceptors (Lipinski definition) is 5. The number of imide groups is 2. The van der Waals surface area contributed by atoms with E-state index in [2.05, 4.69) is 10.3 Å². The van der Waals surface area contributed by atoms with Gasteiger partial charge in [-0.2, -0.15) is 0 Å². The molecule has 1 saturated heterocycles. The summed E-state index contributed by atoms with van der Waals surface area (Å²) in [6, 6.07) is -1.12. The lowest BCUT2D eigenvalue weighted by Gasteiger charge is -2.28. The van der Waals surface area contributed by atoms with Crippen LogP contribution in [0.25, 0.3) is 0 Å². The van der Waals surface area contributed by atoms with Crippen LogP contribution >= 0.6 is 11.3 Å². The van der Waals surface area contributed by atoms with Crippen molar-refractivity contribution in [3.63, 3.8) is 0 Å². The molecule has 4 amide bonds. The predicted molar refractivity (Wildman–Crippen MR) is 64.9 cm³/mol. The highest BCUT2D eigenvalue weighted by Crippen LogP contribution is 2.26. The SMILES string of the molecule is CCc1cnc(C(C)N2C(=O)CC(=O)NC2=O)s1. The van der Waals surface area contributed by atoms with Gasteiger partial charge in [0.05, 0.1) is 6.04 Å². The fourth-order valence-corrected chi connectivity index (χ4v) is 2.64. The summed E-state index contributed by atoms with van der Waals surface area (Å²) in [6.07, 6.45) is 2.32. The van der Waals surface area contributed by atoms with Gasteiger partial charge in [0.25, 0.3) is 0 Å². The summed E-state index contributed by atoms with van der Waals surface area (Å²) in [5.41, 5.74) is 0. The quantitative estimate of drug-likeness (QED) is 0.835. The molecule has 1 N–H and O–H groups in total. The number of hydrogen-bond donors (Lipinski definition) is 1. The number of nitrogens with one attached hydrogen (secondary N) is 1. The molecular formula is C11H13N3O3S. The Morgan fingerprint density at radius 3 is 2.78 bits per heavy atom. The van der Waals surface area contributed by atoms with E-state index in [0.717, 1.165) is 16.2 Å². The molecule has 0 aliphatic carbocycles. The van der Waals surface area contributed by atoms with Gasteiger partial charge in [-0.05, 0) is 13.3 Å². The van der Waals surface area contributed by atoms with Gasteiger partial charge >= 0.3 is 6.03 Å². The highest BCUT2D eigenvalue weighted by atomic mass is 32.1. The summed E-state index contributed by atoms with van der Waals surface area (Å²) in [6.45, 7) is 3.74. The van der Waals surface area contributed by atoms with Crippen molar-refractivity contribution in [2.24, 2.45) is 0 Å². The molecule has 7 heteroatoms. The Labute approximate surface area is 108 Å². The van der Waals surface area contributed by atoms with E-state index in [4.69, 9.17) is 0 Å². The first kappa shape index (κ1) is 12.7. The van der Waals surface area contributed by atoms with E-state index in [0.29, 0.717) is 5.01 Å². The molecule has 6 nitrogen and oxygen atoms in total. The van der Waals surface area contributed by atoms with Crippen LogP contribution in [0, 0.1) is 0 Å². The Morgan fingerprint density at radius 1 is 1.50 bits per heavy atom. The van der Waals surface area contributed by atoms with Crippen molar-refractivity contribution in [1.29, 1.82) is 0 Å². The van der Waals surface area contributed by atoms with E-state index >= 15 is 0 Å². The van der Waals surface area contributed by atoms with Crippen LogP contribution in [0.15, 0.2) is 6.20 Å². The van der Waals surface area contributed by atoms with Crippen molar-refractivity contribution in [2.45, 2.75) is 32.7 Å². The molecule has 0 spiro atoms. The third-order valence-corrected chi connectivity index (χ3v) is 4.02. The van der Waals surface area contributed by atoms with Crippen LogP contribution in [0.3, 0.4) is 0 Å². The van der Waals surface area contributed by atoms with Gasteiger partial charge in [0, 0.05) is 11.1 Å². The summed E-state index contributed by atoms with van der Waals surface area (Å²) < 4.78 is 0. The first-order valence-electron chi connectivity index (χ1n) is 5.63. The fraction of sp³-hybridized carbons (Fsp3) is 0.455. The number of thiazole rings is 1. The van der Waals surface area contributed by atoms with Gasteiger partial charge in [0.2, 0.25) is 11.8 Å². The Balaban J connectivity index is 2.22. The fourth-order valence-electron chi connectivity index (χ4n) is 1.74. The summed E-state index contributed by atoms with van der Waals surface area (Å²) in [4.78, 5) is 40.8. The van der Waals surface area contributed by atoms with Crippen molar-refractivity contribution in [2.75, 3.05) is 0 Å². The Kier molecular flexibility index (Phi) is 3.42. The van der Waals surface area contributed by atoms with E-state index in [9.17, 15) is 14.4 Å². The second-order valence-electron chi connectivity index (χ2n) is 3.99. The molecule has 1 atom stereocenters. The number of amides is 4. The van der Waals surface area contributed by atoms with E-state index in [-0.39, 0.29) is 6.42 Å². The molecule has 2 heterocycles. The molecule has 1 fully saturated rings. The van der Waals surface area contributed by atoms with Gasteiger partial charge in [0.1, 0.15) is 11.4 Å². The van der Waals surface area contributed by atoms with Crippen molar-refractivity contribution in [3.8, 4) is 0 Å². The van der Waals surface area contributed by atoms with Crippen molar-refractivity contribution in [1.82, 2.24) is 15.2 Å². The molecule has 1 aliphatic heterocycles. The van der Waals surface area contributed by atoms with Crippen LogP contribution in [-0.4, -0.2) is 27.7 Å². The second kappa shape index (κ2) is 4.85. The van der Waals surface area contributed by atoms with Gasteiger partial charge < -0.3 is 0 Å². The number of nitrogens with zero attached hydrogens (tertiary/aromatic N) is 2. The smallest absolute Gasteiger partial charge is 0.277 e. The molecule has 1 aromatic heterocycles. The standard InChI is InChI=1S/C11H13N3O3S/c1-3-7-5-12-10(18-7)6(2)14-9(16)4-8(15)13-11(14)17/h5-6H,3-4H2,1-2H3,(H,13,15,17). The van der Waals surface area contributed by atoms with Crippen molar-refractivity contribution >= 4 is 29.2 Å². The molecule has 1 unspecified atom stereocenters. The van der Waals surface area contributed by atoms with Gasteiger partial charge in [-0.25, -0.2) is 9.78 Å². The molecular weight excluding hydrogens is 254 g/mol. The summed E-state index contributed by atoms with van der Waals surface area (Å²) >= 11 is 1.47. The highest BCUT2D eigenvalue weighted by molar-refractivity contribution is 7.11. The van der Waals surface area contributed by atoms with Crippen LogP contribution in [0.4, 0.5) is 4.79 Å². The minimum atomic E-state index is -0.669. The number of rotatable bonds is 3. The molecule has 0 bridgehead atoms. The van der Waals surface area contributed by atoms with Crippen molar-refractivity contribution in [3.05, 3.63) is 16.1 Å². The largest absolute Gasteiger partial charge is 0.331 e. The van der Waals surface area contributed by atoms with Gasteiger partial charge in [-0.3, -0.25) is 19.8 Å². The van der Waals surface area contributed by atoms with Gasteiger partial charge in [-0.1, -0.05) is 6.92 Å². The minimum Gasteiger partial charge on any atom is -0.277 e. The third-order valence-electron chi connectivity index (χ3n) is 2.71. The Bertz CT molecular complexity index is 491. The van der Waals surface area contributed by atoms with Crippen LogP contribution in [0.1, 0.15) is 36.2 Å². The van der Waals surface area contributed by atoms with Crippen LogP contribution in [-0.2, 0) is 16.0 Å². The van der Waals surface area contributed by atoms with E-state index in [1.807, 2.05) is 6.92 Å². The zero-order chi connectivity index (χ0) is 13.3. The molecule has 2 rings (SSSR count). The van der Waals surface area contributed by atoms with Crippen LogP contribution < -0.4 is 5.32 Å². The maximum absolute atomic E-state index is 11.7. The second-order valence-corrected chi connectivity index (χ2v) is 5.13. The first-order valence-corrected chi connectivity index (χ1v) is 6.45. The number of carbonyl (C=O) groups is 3. The maximum atomic E-state index is 11.7. The zero-order valence-corrected chi connectivity index (χ0v) is 10.9. The average molecular weight is 267 g/mol. The average Bonchev–Trinajstić information content (AvgIpc) is 2.75. The van der Waals surface area contributed by atoms with Crippen LogP contribution in [0.5, 0.6) is 0 Å². The molecule has 0 radical (unpaired) electrons. The number of barbiturate groups is 1. The lowest BCUT2D eigenvalue weighted by molar-refractivity contribution is -0.137. The van der Waals surface area contributed by atoms with Crippen molar-refractivity contribution < 1.29 is 14.4 Å². The molecule has 96 valence electrons. The number of aryl methyl sites for hydroxylation is 1.